The predicted octanol–water partition coefficient (Wildman–Crippen LogP) is 3.75. The van der Waals surface area contributed by atoms with Crippen molar-refractivity contribution in [2.45, 2.75) is 6.18 Å². The Bertz CT molecular complexity index is 693. The normalized spacial score (nSPS) is 11.5. The number of nitrogens with zero attached hydrogens (tertiary/aromatic N) is 1. The average Bonchev–Trinajstić information content (AvgIpc) is 2.43. The smallest absolute Gasteiger partial charge is 0.287 e. The summed E-state index contributed by atoms with van der Waals surface area (Å²) in [6, 6.07) is 2.54. The Morgan fingerprint density at radius 2 is 1.62 bits per heavy atom. The lowest BCUT2D eigenvalue weighted by Crippen LogP contribution is -2.11. The summed E-state index contributed by atoms with van der Waals surface area (Å²) in [7, 11) is 0. The topological polar surface area (TPSA) is 30.0 Å². The third-order valence-electron chi connectivity index (χ3n) is 2.60. The van der Waals surface area contributed by atoms with Crippen LogP contribution in [0.3, 0.4) is 0 Å². The fourth-order valence-corrected chi connectivity index (χ4v) is 1.54. The Labute approximate surface area is 114 Å². The van der Waals surface area contributed by atoms with E-state index in [1.807, 2.05) is 0 Å². The highest BCUT2D eigenvalue weighted by Crippen LogP contribution is 2.28. The molecule has 8 heteroatoms. The Morgan fingerprint density at radius 3 is 2.14 bits per heavy atom. The van der Waals surface area contributed by atoms with Crippen molar-refractivity contribution in [3.8, 4) is 0 Å². The minimum atomic E-state index is -4.64. The van der Waals surface area contributed by atoms with Crippen LogP contribution in [-0.4, -0.2) is 10.8 Å². The number of ketones is 1. The van der Waals surface area contributed by atoms with Gasteiger partial charge in [0, 0.05) is 6.20 Å². The van der Waals surface area contributed by atoms with E-state index in [0.29, 0.717) is 24.4 Å². The molecule has 0 unspecified atom stereocenters. The van der Waals surface area contributed by atoms with Crippen LogP contribution in [0.25, 0.3) is 0 Å². The van der Waals surface area contributed by atoms with Gasteiger partial charge in [-0.05, 0) is 24.3 Å². The van der Waals surface area contributed by atoms with Crippen LogP contribution < -0.4 is 0 Å². The van der Waals surface area contributed by atoms with E-state index in [2.05, 4.69) is 4.98 Å². The highest BCUT2D eigenvalue weighted by Gasteiger charge is 2.31. The second-order valence-electron chi connectivity index (χ2n) is 3.98. The molecule has 1 heterocycles. The van der Waals surface area contributed by atoms with Crippen molar-refractivity contribution in [3.63, 3.8) is 0 Å². The van der Waals surface area contributed by atoms with Crippen LogP contribution in [0.2, 0.25) is 0 Å². The number of rotatable bonds is 2. The molecule has 0 N–H and O–H groups in total. The van der Waals surface area contributed by atoms with Gasteiger partial charge in [0.2, 0.25) is 5.78 Å². The number of benzene rings is 1. The molecule has 110 valence electrons. The van der Waals surface area contributed by atoms with E-state index in [4.69, 9.17) is 0 Å². The molecule has 1 aromatic carbocycles. The summed E-state index contributed by atoms with van der Waals surface area (Å²) in [6.45, 7) is 0. The molecular formula is C13H5F6NO. The summed E-state index contributed by atoms with van der Waals surface area (Å²) in [6.07, 6.45) is -4.24. The molecular weight excluding hydrogens is 300 g/mol. The number of pyridine rings is 1. The van der Waals surface area contributed by atoms with Crippen LogP contribution in [-0.2, 0) is 6.18 Å². The maximum absolute atomic E-state index is 13.4. The zero-order chi connectivity index (χ0) is 15.8. The molecule has 0 amide bonds. The number of hydrogen-bond donors (Lipinski definition) is 0. The lowest BCUT2D eigenvalue weighted by atomic mass is 10.1. The maximum atomic E-state index is 13.4. The molecule has 2 rings (SSSR count). The summed E-state index contributed by atoms with van der Waals surface area (Å²) in [4.78, 5) is 15.1. The van der Waals surface area contributed by atoms with Crippen molar-refractivity contribution in [2.75, 3.05) is 0 Å². The summed E-state index contributed by atoms with van der Waals surface area (Å²) >= 11 is 0. The number of carbonyl (C=O) groups excluding carboxylic acids is 1. The average molecular weight is 305 g/mol. The van der Waals surface area contributed by atoms with Gasteiger partial charge in [0.15, 0.2) is 17.5 Å². The van der Waals surface area contributed by atoms with Crippen LogP contribution >= 0.6 is 0 Å². The largest absolute Gasteiger partial charge is 0.417 e. The molecule has 0 radical (unpaired) electrons. The molecule has 0 saturated carbocycles. The molecule has 0 aliphatic rings. The van der Waals surface area contributed by atoms with Crippen LogP contribution in [0.15, 0.2) is 30.5 Å². The molecule has 2 nitrogen and oxygen atoms in total. The number of alkyl halides is 3. The Kier molecular flexibility index (Phi) is 3.71. The molecule has 0 bridgehead atoms. The molecule has 0 atom stereocenters. The van der Waals surface area contributed by atoms with Crippen LogP contribution in [0.1, 0.15) is 21.6 Å². The van der Waals surface area contributed by atoms with Gasteiger partial charge >= 0.3 is 6.18 Å². The number of aromatic nitrogens is 1. The zero-order valence-corrected chi connectivity index (χ0v) is 10.0. The molecule has 0 aliphatic heterocycles. The van der Waals surface area contributed by atoms with Gasteiger partial charge in [-0.1, -0.05) is 0 Å². The molecule has 1 aromatic heterocycles. The lowest BCUT2D eigenvalue weighted by molar-refractivity contribution is -0.137. The second-order valence-corrected chi connectivity index (χ2v) is 3.98. The van der Waals surface area contributed by atoms with Gasteiger partial charge in [-0.2, -0.15) is 13.2 Å². The van der Waals surface area contributed by atoms with Gasteiger partial charge in [0.05, 0.1) is 11.1 Å². The molecule has 0 saturated heterocycles. The summed E-state index contributed by atoms with van der Waals surface area (Å²) in [5.41, 5.74) is -2.43. The highest BCUT2D eigenvalue weighted by atomic mass is 19.4. The van der Waals surface area contributed by atoms with Crippen molar-refractivity contribution >= 4 is 5.78 Å². The molecule has 2 aromatic rings. The number of hydrogen-bond acceptors (Lipinski definition) is 2. The van der Waals surface area contributed by atoms with Crippen LogP contribution in [0, 0.1) is 17.5 Å². The standard InChI is InChI=1S/C13H5F6NO/c14-8-3-2-7(10(15)11(8)16)12(21)9-4-1-6(5-20-9)13(17,18)19/h1-5H. The number of carbonyl (C=O) groups is 1. The highest BCUT2D eigenvalue weighted by molar-refractivity contribution is 6.07. The molecule has 0 fully saturated rings. The van der Waals surface area contributed by atoms with Gasteiger partial charge in [-0.15, -0.1) is 0 Å². The minimum absolute atomic E-state index is 0.394. The van der Waals surface area contributed by atoms with E-state index >= 15 is 0 Å². The van der Waals surface area contributed by atoms with Gasteiger partial charge < -0.3 is 0 Å². The van der Waals surface area contributed by atoms with Crippen LogP contribution in [0.4, 0.5) is 26.3 Å². The van der Waals surface area contributed by atoms with Gasteiger partial charge in [-0.25, -0.2) is 13.2 Å². The molecule has 0 aliphatic carbocycles. The Balaban J connectivity index is 2.39. The SMILES string of the molecule is O=C(c1ccc(C(F)(F)F)cn1)c1ccc(F)c(F)c1F. The van der Waals surface area contributed by atoms with Crippen LogP contribution in [0.5, 0.6) is 0 Å². The van der Waals surface area contributed by atoms with E-state index in [-0.39, 0.29) is 0 Å². The van der Waals surface area contributed by atoms with E-state index < -0.39 is 46.2 Å². The summed E-state index contributed by atoms with van der Waals surface area (Å²) in [5, 5.41) is 0. The molecule has 21 heavy (non-hydrogen) atoms. The van der Waals surface area contributed by atoms with E-state index in [1.54, 1.807) is 0 Å². The number of halogens is 6. The van der Waals surface area contributed by atoms with E-state index in [0.717, 1.165) is 6.07 Å². The van der Waals surface area contributed by atoms with E-state index in [9.17, 15) is 31.1 Å². The first-order valence-electron chi connectivity index (χ1n) is 5.43. The van der Waals surface area contributed by atoms with Gasteiger partial charge in [0.25, 0.3) is 0 Å². The quantitative estimate of drug-likeness (QED) is 0.480. The first kappa shape index (κ1) is 15.0. The van der Waals surface area contributed by atoms with Crippen molar-refractivity contribution in [1.82, 2.24) is 4.98 Å². The third-order valence-corrected chi connectivity index (χ3v) is 2.60. The Morgan fingerprint density at radius 1 is 0.952 bits per heavy atom. The van der Waals surface area contributed by atoms with Crippen molar-refractivity contribution in [1.29, 1.82) is 0 Å². The second kappa shape index (κ2) is 5.19. The fourth-order valence-electron chi connectivity index (χ4n) is 1.54. The maximum Gasteiger partial charge on any atom is 0.417 e. The minimum Gasteiger partial charge on any atom is -0.287 e. The van der Waals surface area contributed by atoms with Crippen molar-refractivity contribution < 1.29 is 31.1 Å². The Hall–Kier alpha value is -2.38. The summed E-state index contributed by atoms with van der Waals surface area (Å²) < 4.78 is 76.2. The monoisotopic (exact) mass is 305 g/mol. The predicted molar refractivity (Wildman–Crippen MR) is 59.0 cm³/mol. The first-order valence-corrected chi connectivity index (χ1v) is 5.43. The first-order chi connectivity index (χ1) is 9.71. The zero-order valence-electron chi connectivity index (χ0n) is 10.0. The fraction of sp³-hybridized carbons (Fsp3) is 0.0769. The van der Waals surface area contributed by atoms with Gasteiger partial charge in [0.1, 0.15) is 5.69 Å². The third kappa shape index (κ3) is 2.88. The van der Waals surface area contributed by atoms with Crippen molar-refractivity contribution in [3.05, 3.63) is 64.7 Å². The van der Waals surface area contributed by atoms with E-state index in [1.165, 1.54) is 0 Å². The van der Waals surface area contributed by atoms with Gasteiger partial charge in [-0.3, -0.25) is 9.78 Å². The summed E-state index contributed by atoms with van der Waals surface area (Å²) in [5.74, 6) is -6.20. The molecule has 0 spiro atoms. The van der Waals surface area contributed by atoms with Crippen molar-refractivity contribution in [2.24, 2.45) is 0 Å². The lowest BCUT2D eigenvalue weighted by Gasteiger charge is -2.07.